The van der Waals surface area contributed by atoms with Crippen LogP contribution in [0.1, 0.15) is 38.0 Å². The SMILES string of the molecule is COCc1nnc(C2CC2(C)C)o1. The Morgan fingerprint density at radius 3 is 2.77 bits per heavy atom. The summed E-state index contributed by atoms with van der Waals surface area (Å²) in [6.07, 6.45) is 1.14. The second-order valence-electron chi connectivity index (χ2n) is 4.21. The second kappa shape index (κ2) is 2.80. The smallest absolute Gasteiger partial charge is 0.242 e. The lowest BCUT2D eigenvalue weighted by molar-refractivity contribution is 0.157. The third-order valence-corrected chi connectivity index (χ3v) is 2.56. The molecule has 1 fully saturated rings. The van der Waals surface area contributed by atoms with E-state index >= 15 is 0 Å². The Bertz CT molecular complexity index is 306. The lowest BCUT2D eigenvalue weighted by atomic mass is 10.1. The summed E-state index contributed by atoms with van der Waals surface area (Å²) in [6.45, 7) is 4.82. The van der Waals surface area contributed by atoms with Crippen molar-refractivity contribution in [3.8, 4) is 0 Å². The molecule has 13 heavy (non-hydrogen) atoms. The van der Waals surface area contributed by atoms with Crippen molar-refractivity contribution in [2.75, 3.05) is 7.11 Å². The molecule has 0 aliphatic heterocycles. The van der Waals surface area contributed by atoms with Crippen LogP contribution in [0.5, 0.6) is 0 Å². The highest BCUT2D eigenvalue weighted by molar-refractivity contribution is 5.12. The van der Waals surface area contributed by atoms with Gasteiger partial charge in [0.1, 0.15) is 6.61 Å². The summed E-state index contributed by atoms with van der Waals surface area (Å²) < 4.78 is 10.3. The van der Waals surface area contributed by atoms with E-state index in [0.29, 0.717) is 23.8 Å². The van der Waals surface area contributed by atoms with E-state index in [1.54, 1.807) is 7.11 Å². The number of methoxy groups -OCH3 is 1. The van der Waals surface area contributed by atoms with E-state index in [9.17, 15) is 0 Å². The van der Waals surface area contributed by atoms with Crippen molar-refractivity contribution in [2.45, 2.75) is 32.8 Å². The predicted octanol–water partition coefficient (Wildman–Crippen LogP) is 1.73. The zero-order chi connectivity index (χ0) is 9.47. The van der Waals surface area contributed by atoms with Crippen molar-refractivity contribution in [3.05, 3.63) is 11.8 Å². The van der Waals surface area contributed by atoms with Crippen LogP contribution in [-0.4, -0.2) is 17.3 Å². The fraction of sp³-hybridized carbons (Fsp3) is 0.778. The van der Waals surface area contributed by atoms with Crippen LogP contribution in [0.2, 0.25) is 0 Å². The molecule has 0 spiro atoms. The number of aromatic nitrogens is 2. The first-order valence-electron chi connectivity index (χ1n) is 4.45. The maximum Gasteiger partial charge on any atom is 0.242 e. The molecule has 4 heteroatoms. The molecule has 2 rings (SSSR count). The minimum absolute atomic E-state index is 0.344. The van der Waals surface area contributed by atoms with Gasteiger partial charge in [0.25, 0.3) is 0 Å². The Kier molecular flexibility index (Phi) is 1.87. The first-order valence-corrected chi connectivity index (χ1v) is 4.45. The van der Waals surface area contributed by atoms with E-state index < -0.39 is 0 Å². The van der Waals surface area contributed by atoms with E-state index in [-0.39, 0.29) is 0 Å². The standard InChI is InChI=1S/C9H14N2O2/c1-9(2)4-6(9)8-11-10-7(13-8)5-12-3/h6H,4-5H2,1-3H3. The third kappa shape index (κ3) is 1.58. The summed E-state index contributed by atoms with van der Waals surface area (Å²) >= 11 is 0. The summed E-state index contributed by atoms with van der Waals surface area (Å²) in [6, 6.07) is 0. The van der Waals surface area contributed by atoms with E-state index in [1.165, 1.54) is 0 Å². The Balaban J connectivity index is 2.07. The maximum atomic E-state index is 5.44. The zero-order valence-electron chi connectivity index (χ0n) is 8.20. The summed E-state index contributed by atoms with van der Waals surface area (Å²) in [7, 11) is 1.62. The van der Waals surface area contributed by atoms with Gasteiger partial charge in [0, 0.05) is 13.0 Å². The average molecular weight is 182 g/mol. The number of ether oxygens (including phenoxy) is 1. The average Bonchev–Trinajstić information content (AvgIpc) is 2.52. The largest absolute Gasteiger partial charge is 0.422 e. The van der Waals surface area contributed by atoms with Crippen molar-refractivity contribution < 1.29 is 9.15 Å². The van der Waals surface area contributed by atoms with Gasteiger partial charge in [-0.25, -0.2) is 0 Å². The van der Waals surface area contributed by atoms with Crippen LogP contribution in [0.25, 0.3) is 0 Å². The Morgan fingerprint density at radius 1 is 1.54 bits per heavy atom. The van der Waals surface area contributed by atoms with Gasteiger partial charge in [-0.15, -0.1) is 10.2 Å². The predicted molar refractivity (Wildman–Crippen MR) is 46.2 cm³/mol. The van der Waals surface area contributed by atoms with Crippen LogP contribution < -0.4 is 0 Å². The normalized spacial score (nSPS) is 24.7. The molecule has 1 aliphatic rings. The molecule has 0 amide bonds. The van der Waals surface area contributed by atoms with Gasteiger partial charge < -0.3 is 9.15 Å². The fourth-order valence-electron chi connectivity index (χ4n) is 1.48. The van der Waals surface area contributed by atoms with Crippen LogP contribution in [0, 0.1) is 5.41 Å². The minimum Gasteiger partial charge on any atom is -0.422 e. The maximum absolute atomic E-state index is 5.44. The molecule has 0 bridgehead atoms. The molecule has 0 saturated heterocycles. The third-order valence-electron chi connectivity index (χ3n) is 2.56. The van der Waals surface area contributed by atoms with Gasteiger partial charge >= 0.3 is 0 Å². The van der Waals surface area contributed by atoms with Crippen molar-refractivity contribution >= 4 is 0 Å². The molecule has 1 aromatic heterocycles. The molecule has 1 aliphatic carbocycles. The summed E-state index contributed by atoms with van der Waals surface area (Å²) in [5, 5.41) is 7.89. The van der Waals surface area contributed by atoms with Gasteiger partial charge in [-0.2, -0.15) is 0 Å². The number of hydrogen-bond acceptors (Lipinski definition) is 4. The molecular weight excluding hydrogens is 168 g/mol. The van der Waals surface area contributed by atoms with Gasteiger partial charge in [0.05, 0.1) is 0 Å². The van der Waals surface area contributed by atoms with Crippen molar-refractivity contribution in [1.82, 2.24) is 10.2 Å². The summed E-state index contributed by atoms with van der Waals surface area (Å²) in [5.41, 5.74) is 0.344. The van der Waals surface area contributed by atoms with E-state index in [2.05, 4.69) is 24.0 Å². The Hall–Kier alpha value is -0.900. The van der Waals surface area contributed by atoms with Gasteiger partial charge in [-0.05, 0) is 11.8 Å². The second-order valence-corrected chi connectivity index (χ2v) is 4.21. The number of nitrogens with zero attached hydrogens (tertiary/aromatic N) is 2. The van der Waals surface area contributed by atoms with Gasteiger partial charge in [0.2, 0.25) is 11.8 Å². The van der Waals surface area contributed by atoms with Crippen LogP contribution in [-0.2, 0) is 11.3 Å². The molecule has 1 atom stereocenters. The molecule has 0 radical (unpaired) electrons. The van der Waals surface area contributed by atoms with E-state index in [0.717, 1.165) is 12.3 Å². The summed E-state index contributed by atoms with van der Waals surface area (Å²) in [5.74, 6) is 1.78. The van der Waals surface area contributed by atoms with Crippen LogP contribution in [0.4, 0.5) is 0 Å². The minimum atomic E-state index is 0.344. The monoisotopic (exact) mass is 182 g/mol. The van der Waals surface area contributed by atoms with Crippen LogP contribution in [0.15, 0.2) is 4.42 Å². The van der Waals surface area contributed by atoms with E-state index in [1.807, 2.05) is 0 Å². The van der Waals surface area contributed by atoms with Gasteiger partial charge in [-0.1, -0.05) is 13.8 Å². The van der Waals surface area contributed by atoms with Crippen LogP contribution in [0.3, 0.4) is 0 Å². The molecule has 1 heterocycles. The first kappa shape index (κ1) is 8.69. The summed E-state index contributed by atoms with van der Waals surface area (Å²) in [4.78, 5) is 0. The highest BCUT2D eigenvalue weighted by Crippen LogP contribution is 2.58. The lowest BCUT2D eigenvalue weighted by Crippen LogP contribution is -1.89. The molecule has 0 N–H and O–H groups in total. The molecule has 1 saturated carbocycles. The topological polar surface area (TPSA) is 48.2 Å². The quantitative estimate of drug-likeness (QED) is 0.714. The lowest BCUT2D eigenvalue weighted by Gasteiger charge is -1.96. The molecule has 1 unspecified atom stereocenters. The fourth-order valence-corrected chi connectivity index (χ4v) is 1.48. The molecule has 0 aromatic carbocycles. The highest BCUT2D eigenvalue weighted by atomic mass is 16.5. The van der Waals surface area contributed by atoms with Crippen LogP contribution >= 0.6 is 0 Å². The zero-order valence-corrected chi connectivity index (χ0v) is 8.20. The molecule has 72 valence electrons. The Labute approximate surface area is 77.3 Å². The molecule has 4 nitrogen and oxygen atoms in total. The first-order chi connectivity index (χ1) is 6.13. The van der Waals surface area contributed by atoms with Gasteiger partial charge in [0.15, 0.2) is 0 Å². The Morgan fingerprint density at radius 2 is 2.23 bits per heavy atom. The molecular formula is C9H14N2O2. The van der Waals surface area contributed by atoms with Crippen molar-refractivity contribution in [3.63, 3.8) is 0 Å². The van der Waals surface area contributed by atoms with E-state index in [4.69, 9.17) is 9.15 Å². The van der Waals surface area contributed by atoms with Gasteiger partial charge in [-0.3, -0.25) is 0 Å². The molecule has 1 aromatic rings. The van der Waals surface area contributed by atoms with Crippen molar-refractivity contribution in [1.29, 1.82) is 0 Å². The number of hydrogen-bond donors (Lipinski definition) is 0. The number of rotatable bonds is 3. The van der Waals surface area contributed by atoms with Crippen molar-refractivity contribution in [2.24, 2.45) is 5.41 Å². The highest BCUT2D eigenvalue weighted by Gasteiger charge is 2.50.